The monoisotopic (exact) mass is 599 g/mol. The van der Waals surface area contributed by atoms with Crippen LogP contribution in [0.3, 0.4) is 0 Å². The zero-order chi connectivity index (χ0) is 28.7. The first-order valence-electron chi connectivity index (χ1n) is 13.0. The molecule has 1 fully saturated rings. The normalized spacial score (nSPS) is 28.4. The second-order valence-electron chi connectivity index (χ2n) is 10.9. The predicted octanol–water partition coefficient (Wildman–Crippen LogP) is 6.15. The highest BCUT2D eigenvalue weighted by molar-refractivity contribution is 6.31. The summed E-state index contributed by atoms with van der Waals surface area (Å²) in [4.78, 5) is 40.6. The van der Waals surface area contributed by atoms with Crippen molar-refractivity contribution in [1.82, 2.24) is 0 Å². The third kappa shape index (κ3) is 3.57. The number of benzene rings is 2. The van der Waals surface area contributed by atoms with Gasteiger partial charge in [-0.25, -0.2) is 4.79 Å². The molecule has 0 radical (unpaired) electrons. The van der Waals surface area contributed by atoms with E-state index >= 15 is 0 Å². The number of anilines is 1. The van der Waals surface area contributed by atoms with Gasteiger partial charge in [0, 0.05) is 39.9 Å². The van der Waals surface area contributed by atoms with Gasteiger partial charge in [0.25, 0.3) is 0 Å². The second kappa shape index (κ2) is 9.20. The van der Waals surface area contributed by atoms with E-state index in [4.69, 9.17) is 39.5 Å². The predicted molar refractivity (Wildman–Crippen MR) is 150 cm³/mol. The second-order valence-corrected chi connectivity index (χ2v) is 12.2. The highest BCUT2D eigenvalue weighted by Gasteiger charge is 2.67. The smallest absolute Gasteiger partial charge is 0.420 e. The van der Waals surface area contributed by atoms with Crippen molar-refractivity contribution in [3.8, 4) is 5.88 Å². The number of aliphatic carboxylic acids is 1. The fourth-order valence-corrected chi connectivity index (χ4v) is 7.60. The minimum Gasteiger partial charge on any atom is -0.473 e. The van der Waals surface area contributed by atoms with Crippen LogP contribution in [0.15, 0.2) is 48.7 Å². The first-order valence-corrected chi connectivity index (χ1v) is 14.1. The lowest BCUT2D eigenvalue weighted by Crippen LogP contribution is -2.72. The van der Waals surface area contributed by atoms with Crippen LogP contribution in [0.2, 0.25) is 15.1 Å². The van der Waals surface area contributed by atoms with Gasteiger partial charge in [-0.05, 0) is 60.4 Å². The van der Waals surface area contributed by atoms with Crippen molar-refractivity contribution < 1.29 is 28.8 Å². The number of amides is 1. The number of hydrogen-bond acceptors (Lipinski definition) is 4. The van der Waals surface area contributed by atoms with E-state index in [1.165, 1.54) is 17.7 Å². The zero-order valence-corrected chi connectivity index (χ0v) is 24.2. The Labute approximate surface area is 246 Å². The van der Waals surface area contributed by atoms with E-state index < -0.39 is 34.9 Å². The Morgan fingerprint density at radius 1 is 1.07 bits per heavy atom. The van der Waals surface area contributed by atoms with Gasteiger partial charge in [-0.1, -0.05) is 53.9 Å². The van der Waals surface area contributed by atoms with Crippen LogP contribution in [-0.4, -0.2) is 22.8 Å². The van der Waals surface area contributed by atoms with E-state index in [9.17, 15) is 19.5 Å². The van der Waals surface area contributed by atoms with Crippen molar-refractivity contribution in [2.45, 2.75) is 56.6 Å². The molecule has 1 aliphatic carbocycles. The molecule has 1 saturated carbocycles. The molecule has 5 unspecified atom stereocenters. The average Bonchev–Trinajstić information content (AvgIpc) is 3.17. The van der Waals surface area contributed by atoms with Gasteiger partial charge in [0.15, 0.2) is 6.20 Å². The minimum atomic E-state index is -1.67. The van der Waals surface area contributed by atoms with Crippen LogP contribution < -0.4 is 14.6 Å². The Balaban J connectivity index is 1.70. The molecule has 2 N–H and O–H groups in total. The molecule has 40 heavy (non-hydrogen) atoms. The number of carboxylic acid groups (broad SMARTS) is 1. The van der Waals surface area contributed by atoms with Crippen LogP contribution in [0.25, 0.3) is 0 Å². The molecule has 1 aromatic heterocycles. The van der Waals surface area contributed by atoms with Crippen LogP contribution in [-0.2, 0) is 25.5 Å². The molecule has 2 aromatic carbocycles. The number of carbonyl (C=O) groups is 3. The van der Waals surface area contributed by atoms with Gasteiger partial charge in [0.05, 0.1) is 17.9 Å². The van der Waals surface area contributed by atoms with Crippen molar-refractivity contribution in [2.24, 2.45) is 5.92 Å². The van der Waals surface area contributed by atoms with Crippen LogP contribution in [0.1, 0.15) is 60.8 Å². The number of carbonyl (C=O) groups excluding carboxylic acids is 2. The number of fused-ring (bicyclic) bond motifs is 3. The van der Waals surface area contributed by atoms with E-state index in [-0.39, 0.29) is 29.0 Å². The van der Waals surface area contributed by atoms with Crippen LogP contribution >= 0.6 is 34.8 Å². The fraction of sp³-hybridized carbons (Fsp3) is 0.333. The number of rotatable bonds is 4. The largest absolute Gasteiger partial charge is 0.473 e. The van der Waals surface area contributed by atoms with Crippen molar-refractivity contribution >= 4 is 58.1 Å². The first-order chi connectivity index (χ1) is 18.9. The molecule has 6 rings (SSSR count). The first kappa shape index (κ1) is 27.1. The van der Waals surface area contributed by atoms with Crippen LogP contribution in [0.4, 0.5) is 5.69 Å². The summed E-state index contributed by atoms with van der Waals surface area (Å²) in [7, 11) is 0. The van der Waals surface area contributed by atoms with Crippen LogP contribution in [0, 0.1) is 12.8 Å². The molecule has 0 bridgehead atoms. The molecule has 1 spiro atoms. The Bertz CT molecular complexity index is 1640. The number of nitrogens with one attached hydrogen (secondary N) is 1. The van der Waals surface area contributed by atoms with E-state index in [0.29, 0.717) is 33.3 Å². The topological polar surface area (TPSA) is 96.6 Å². The molecule has 0 saturated heterocycles. The van der Waals surface area contributed by atoms with E-state index in [0.717, 1.165) is 11.1 Å². The number of aromatic nitrogens is 1. The van der Waals surface area contributed by atoms with Gasteiger partial charge in [0.2, 0.25) is 5.91 Å². The van der Waals surface area contributed by atoms with Gasteiger partial charge >= 0.3 is 17.6 Å². The summed E-state index contributed by atoms with van der Waals surface area (Å²) in [6, 6.07) is 12.5. The van der Waals surface area contributed by atoms with E-state index in [1.54, 1.807) is 24.3 Å². The van der Waals surface area contributed by atoms with E-state index in [2.05, 4.69) is 5.32 Å². The maximum atomic E-state index is 14.5. The number of Topliss-reactive ketones (excluding diaryl/α,β-unsaturated/α-hetero) is 1. The highest BCUT2D eigenvalue weighted by Crippen LogP contribution is 2.63. The Hall–Kier alpha value is -3.13. The molecular formula is C30H26Cl3N2O5+. The average molecular weight is 601 g/mol. The summed E-state index contributed by atoms with van der Waals surface area (Å²) in [6.07, 6.45) is 2.03. The minimum absolute atomic E-state index is 0.00300. The van der Waals surface area contributed by atoms with Gasteiger partial charge in [-0.15, -0.1) is 4.57 Å². The Morgan fingerprint density at radius 2 is 1.75 bits per heavy atom. The van der Waals surface area contributed by atoms with Gasteiger partial charge < -0.3 is 15.2 Å². The lowest BCUT2D eigenvalue weighted by molar-refractivity contribution is -0.844. The molecular weight excluding hydrogens is 575 g/mol. The zero-order valence-electron chi connectivity index (χ0n) is 21.9. The van der Waals surface area contributed by atoms with E-state index in [1.807, 2.05) is 32.0 Å². The number of carboxylic acids is 1. The van der Waals surface area contributed by atoms with Crippen LogP contribution in [0.5, 0.6) is 5.88 Å². The SMILES string of the molecule is CCC1C(=O)CC(c2cc(Cl)c[n+]3c2OC3(C)C(=O)O)C2(C(=O)Nc3cc(Cl)ccc32)C1c1cc(Cl)ccc1C. The maximum absolute atomic E-state index is 14.5. The van der Waals surface area contributed by atoms with Gasteiger partial charge in [0.1, 0.15) is 10.8 Å². The number of halogens is 3. The molecule has 7 nitrogen and oxygen atoms in total. The maximum Gasteiger partial charge on any atom is 0.420 e. The number of hydrogen-bond donors (Lipinski definition) is 2. The van der Waals surface area contributed by atoms with Crippen molar-refractivity contribution in [3.63, 3.8) is 0 Å². The lowest BCUT2D eigenvalue weighted by Gasteiger charge is -2.50. The van der Waals surface area contributed by atoms with Crippen molar-refractivity contribution in [2.75, 3.05) is 5.32 Å². The molecule has 10 heteroatoms. The Morgan fingerprint density at radius 3 is 2.45 bits per heavy atom. The number of ketones is 1. The van der Waals surface area contributed by atoms with Crippen molar-refractivity contribution in [3.05, 3.63) is 86.0 Å². The summed E-state index contributed by atoms with van der Waals surface area (Å²) in [6.45, 7) is 5.32. The quantitative estimate of drug-likeness (QED) is 0.350. The third-order valence-electron chi connectivity index (χ3n) is 8.87. The number of pyridine rings is 1. The summed E-state index contributed by atoms with van der Waals surface area (Å²) in [5, 5.41) is 14.1. The molecule has 2 aliphatic heterocycles. The molecule has 3 heterocycles. The molecule has 5 atom stereocenters. The summed E-state index contributed by atoms with van der Waals surface area (Å²) in [5.74, 6) is -3.00. The Kier molecular flexibility index (Phi) is 6.22. The lowest BCUT2D eigenvalue weighted by atomic mass is 9.50. The molecule has 3 aliphatic rings. The number of ether oxygens (including phenoxy) is 1. The third-order valence-corrected chi connectivity index (χ3v) is 9.54. The fourth-order valence-electron chi connectivity index (χ4n) is 7.03. The van der Waals surface area contributed by atoms with Gasteiger partial charge in [-0.2, -0.15) is 0 Å². The number of nitrogens with zero attached hydrogens (tertiary/aromatic N) is 1. The molecule has 1 amide bonds. The number of aryl methyl sites for hydroxylation is 1. The standard InChI is InChI=1S/C30H25Cl3N2O5/c1-4-18-24(36)12-22(20-10-17(33)13-35-26(20)40-29(35,3)28(38)39)30(25(18)19-9-15(31)6-5-14(19)2)21-8-7-16(32)11-23(21)34-27(30)37/h5-11,13,18,22,25H,4,12H2,1-3H3,(H-,34,37,38,39)/p+1. The van der Waals surface area contributed by atoms with Crippen molar-refractivity contribution in [1.29, 1.82) is 0 Å². The summed E-state index contributed by atoms with van der Waals surface area (Å²) < 4.78 is 7.36. The highest BCUT2D eigenvalue weighted by atomic mass is 35.5. The molecule has 3 aromatic rings. The van der Waals surface area contributed by atoms with Gasteiger partial charge in [-0.3, -0.25) is 9.59 Å². The summed E-state index contributed by atoms with van der Waals surface area (Å²) >= 11 is 19.4. The summed E-state index contributed by atoms with van der Waals surface area (Å²) in [5.41, 5.74) is 0.541. The molecule has 206 valence electrons.